The number of hydrogen-bond donors (Lipinski definition) is 1. The number of halogens is 1. The zero-order valence-electron chi connectivity index (χ0n) is 12.0. The fraction of sp³-hybridized carbons (Fsp3) is 0.429. The highest BCUT2D eigenvalue weighted by Crippen LogP contribution is 2.11. The molecule has 1 rings (SSSR count). The van der Waals surface area contributed by atoms with E-state index in [0.29, 0.717) is 6.54 Å². The van der Waals surface area contributed by atoms with Gasteiger partial charge in [-0.1, -0.05) is 28.1 Å². The second-order valence-corrected chi connectivity index (χ2v) is 5.64. The van der Waals surface area contributed by atoms with E-state index in [4.69, 9.17) is 0 Å². The van der Waals surface area contributed by atoms with Crippen molar-refractivity contribution in [2.75, 3.05) is 34.2 Å². The highest BCUT2D eigenvalue weighted by atomic mass is 79.9. The van der Waals surface area contributed by atoms with Gasteiger partial charge in [0, 0.05) is 25.1 Å². The SMILES string of the molecule is CNC(=O)CN(C)C(=O)CN(C)Cc1ccc(Br)cc1. The number of rotatable bonds is 6. The number of hydrogen-bond acceptors (Lipinski definition) is 3. The number of carbonyl (C=O) groups excluding carboxylic acids is 2. The van der Waals surface area contributed by atoms with Crippen LogP contribution in [0, 0.1) is 0 Å². The van der Waals surface area contributed by atoms with E-state index in [1.807, 2.05) is 36.2 Å². The van der Waals surface area contributed by atoms with E-state index in [2.05, 4.69) is 21.2 Å². The monoisotopic (exact) mass is 341 g/mol. The Morgan fingerprint density at radius 2 is 1.75 bits per heavy atom. The molecule has 0 aromatic heterocycles. The number of likely N-dealkylation sites (N-methyl/N-ethyl adjacent to an activating group) is 3. The first-order chi connectivity index (χ1) is 9.42. The van der Waals surface area contributed by atoms with Crippen LogP contribution in [0.3, 0.4) is 0 Å². The Morgan fingerprint density at radius 1 is 1.15 bits per heavy atom. The summed E-state index contributed by atoms with van der Waals surface area (Å²) in [5.41, 5.74) is 1.14. The van der Waals surface area contributed by atoms with Gasteiger partial charge < -0.3 is 10.2 Å². The topological polar surface area (TPSA) is 52.7 Å². The zero-order chi connectivity index (χ0) is 15.1. The fourth-order valence-electron chi connectivity index (χ4n) is 1.69. The maximum atomic E-state index is 11.9. The maximum absolute atomic E-state index is 11.9. The third-order valence-corrected chi connectivity index (χ3v) is 3.38. The van der Waals surface area contributed by atoms with Gasteiger partial charge >= 0.3 is 0 Å². The molecule has 2 amide bonds. The standard InChI is InChI=1S/C14H20BrN3O2/c1-16-13(19)9-18(3)14(20)10-17(2)8-11-4-6-12(15)7-5-11/h4-7H,8-10H2,1-3H3,(H,16,19). The van der Waals surface area contributed by atoms with Gasteiger partial charge in [-0.25, -0.2) is 0 Å². The van der Waals surface area contributed by atoms with Gasteiger partial charge in [-0.15, -0.1) is 0 Å². The molecule has 110 valence electrons. The molecule has 1 aromatic rings. The summed E-state index contributed by atoms with van der Waals surface area (Å²) < 4.78 is 1.03. The van der Waals surface area contributed by atoms with Crippen molar-refractivity contribution in [3.8, 4) is 0 Å². The van der Waals surface area contributed by atoms with Gasteiger partial charge in [0.05, 0.1) is 13.1 Å². The number of benzene rings is 1. The van der Waals surface area contributed by atoms with Crippen molar-refractivity contribution < 1.29 is 9.59 Å². The molecule has 0 unspecified atom stereocenters. The van der Waals surface area contributed by atoms with Crippen molar-refractivity contribution in [1.29, 1.82) is 0 Å². The highest BCUT2D eigenvalue weighted by Gasteiger charge is 2.14. The number of amides is 2. The summed E-state index contributed by atoms with van der Waals surface area (Å²) >= 11 is 3.39. The van der Waals surface area contributed by atoms with Gasteiger partial charge in [-0.3, -0.25) is 14.5 Å². The molecule has 0 heterocycles. The van der Waals surface area contributed by atoms with E-state index >= 15 is 0 Å². The number of carbonyl (C=O) groups is 2. The average molecular weight is 342 g/mol. The van der Waals surface area contributed by atoms with Gasteiger partial charge in [0.2, 0.25) is 11.8 Å². The molecule has 0 spiro atoms. The van der Waals surface area contributed by atoms with E-state index in [1.165, 1.54) is 4.90 Å². The zero-order valence-corrected chi connectivity index (χ0v) is 13.6. The van der Waals surface area contributed by atoms with Gasteiger partial charge in [-0.2, -0.15) is 0 Å². The van der Waals surface area contributed by atoms with Crippen LogP contribution in [-0.2, 0) is 16.1 Å². The van der Waals surface area contributed by atoms with E-state index in [-0.39, 0.29) is 24.9 Å². The van der Waals surface area contributed by atoms with Crippen LogP contribution in [0.1, 0.15) is 5.56 Å². The van der Waals surface area contributed by atoms with E-state index < -0.39 is 0 Å². The summed E-state index contributed by atoms with van der Waals surface area (Å²) in [4.78, 5) is 26.5. The molecule has 1 aromatic carbocycles. The summed E-state index contributed by atoms with van der Waals surface area (Å²) in [5.74, 6) is -0.246. The molecular weight excluding hydrogens is 322 g/mol. The van der Waals surface area contributed by atoms with Crippen LogP contribution in [0.2, 0.25) is 0 Å². The predicted molar refractivity (Wildman–Crippen MR) is 82.2 cm³/mol. The summed E-state index contributed by atoms with van der Waals surface area (Å²) in [7, 11) is 5.07. The first-order valence-corrected chi connectivity index (χ1v) is 7.09. The third-order valence-electron chi connectivity index (χ3n) is 2.86. The normalized spacial score (nSPS) is 10.4. The Morgan fingerprint density at radius 3 is 2.30 bits per heavy atom. The highest BCUT2D eigenvalue weighted by molar-refractivity contribution is 9.10. The fourth-order valence-corrected chi connectivity index (χ4v) is 1.96. The van der Waals surface area contributed by atoms with Crippen LogP contribution in [0.25, 0.3) is 0 Å². The molecule has 0 bridgehead atoms. The van der Waals surface area contributed by atoms with Crippen molar-refractivity contribution in [2.45, 2.75) is 6.54 Å². The Hall–Kier alpha value is -1.40. The maximum Gasteiger partial charge on any atom is 0.239 e. The van der Waals surface area contributed by atoms with Crippen LogP contribution in [-0.4, -0.2) is 55.8 Å². The van der Waals surface area contributed by atoms with Gasteiger partial charge in [0.15, 0.2) is 0 Å². The molecule has 0 fully saturated rings. The number of nitrogens with one attached hydrogen (secondary N) is 1. The second kappa shape index (κ2) is 8.01. The average Bonchev–Trinajstić information content (AvgIpc) is 2.41. The van der Waals surface area contributed by atoms with Crippen LogP contribution in [0.5, 0.6) is 0 Å². The van der Waals surface area contributed by atoms with E-state index in [0.717, 1.165) is 10.0 Å². The van der Waals surface area contributed by atoms with Gasteiger partial charge in [0.1, 0.15) is 0 Å². The molecule has 0 aliphatic carbocycles. The minimum atomic E-state index is -0.170. The van der Waals surface area contributed by atoms with E-state index in [1.54, 1.807) is 14.1 Å². The quantitative estimate of drug-likeness (QED) is 0.842. The predicted octanol–water partition coefficient (Wildman–Crippen LogP) is 1.09. The molecule has 20 heavy (non-hydrogen) atoms. The summed E-state index contributed by atoms with van der Waals surface area (Å²) in [6.45, 7) is 1.05. The molecule has 0 aliphatic heterocycles. The summed E-state index contributed by atoms with van der Waals surface area (Å²) in [6, 6.07) is 7.98. The van der Waals surface area contributed by atoms with E-state index in [9.17, 15) is 9.59 Å². The minimum absolute atomic E-state index is 0.0757. The molecule has 1 N–H and O–H groups in total. The summed E-state index contributed by atoms with van der Waals surface area (Å²) in [6.07, 6.45) is 0. The van der Waals surface area contributed by atoms with Crippen LogP contribution in [0.4, 0.5) is 0 Å². The number of nitrogens with zero attached hydrogens (tertiary/aromatic N) is 2. The first kappa shape index (κ1) is 16.7. The second-order valence-electron chi connectivity index (χ2n) is 4.72. The lowest BCUT2D eigenvalue weighted by atomic mass is 10.2. The lowest BCUT2D eigenvalue weighted by molar-refractivity contribution is -0.135. The Kier molecular flexibility index (Phi) is 6.67. The minimum Gasteiger partial charge on any atom is -0.358 e. The molecule has 6 heteroatoms. The Balaban J connectivity index is 2.45. The molecule has 0 saturated heterocycles. The largest absolute Gasteiger partial charge is 0.358 e. The molecule has 0 atom stereocenters. The Bertz CT molecular complexity index is 462. The van der Waals surface area contributed by atoms with Crippen molar-refractivity contribution in [3.63, 3.8) is 0 Å². The van der Waals surface area contributed by atoms with Crippen molar-refractivity contribution in [1.82, 2.24) is 15.1 Å². The van der Waals surface area contributed by atoms with Gasteiger partial charge in [0.25, 0.3) is 0 Å². The van der Waals surface area contributed by atoms with Crippen molar-refractivity contribution in [2.24, 2.45) is 0 Å². The molecule has 0 radical (unpaired) electrons. The van der Waals surface area contributed by atoms with Gasteiger partial charge in [-0.05, 0) is 24.7 Å². The molecule has 0 aliphatic rings. The smallest absolute Gasteiger partial charge is 0.239 e. The molecule has 0 saturated carbocycles. The Labute approximate surface area is 128 Å². The van der Waals surface area contributed by atoms with Crippen molar-refractivity contribution in [3.05, 3.63) is 34.3 Å². The lowest BCUT2D eigenvalue weighted by Crippen LogP contribution is -2.41. The molecule has 5 nitrogen and oxygen atoms in total. The first-order valence-electron chi connectivity index (χ1n) is 6.30. The summed E-state index contributed by atoms with van der Waals surface area (Å²) in [5, 5.41) is 2.50. The lowest BCUT2D eigenvalue weighted by Gasteiger charge is -2.21. The van der Waals surface area contributed by atoms with Crippen LogP contribution < -0.4 is 5.32 Å². The van der Waals surface area contributed by atoms with Crippen molar-refractivity contribution >= 4 is 27.7 Å². The third kappa shape index (κ3) is 5.71. The molecular formula is C14H20BrN3O2. The van der Waals surface area contributed by atoms with Crippen LogP contribution >= 0.6 is 15.9 Å². The van der Waals surface area contributed by atoms with Crippen LogP contribution in [0.15, 0.2) is 28.7 Å².